The second kappa shape index (κ2) is 5.94. The van der Waals surface area contributed by atoms with E-state index in [1.54, 1.807) is 6.07 Å². The summed E-state index contributed by atoms with van der Waals surface area (Å²) < 4.78 is 13.9. The Kier molecular flexibility index (Phi) is 4.54. The molecule has 0 aliphatic heterocycles. The Morgan fingerprint density at radius 2 is 2.18 bits per heavy atom. The first-order chi connectivity index (χ1) is 8.19. The van der Waals surface area contributed by atoms with E-state index in [1.165, 1.54) is 6.07 Å². The average Bonchev–Trinajstić information content (AvgIpc) is 2.72. The summed E-state index contributed by atoms with van der Waals surface area (Å²) in [6, 6.07) is 5.27. The Balaban J connectivity index is 1.93. The molecular weight excluding hydrogens is 285 g/mol. The summed E-state index contributed by atoms with van der Waals surface area (Å²) >= 11 is 3.28. The monoisotopic (exact) mass is 301 g/mol. The quantitative estimate of drug-likeness (QED) is 0.896. The Labute approximate surface area is 109 Å². The summed E-state index contributed by atoms with van der Waals surface area (Å²) in [5.74, 6) is 0.133. The van der Waals surface area contributed by atoms with E-state index in [0.717, 1.165) is 29.3 Å². The maximum atomic E-state index is 13.2. The van der Waals surface area contributed by atoms with Gasteiger partial charge in [-0.15, -0.1) is 0 Å². The normalized spacial score (nSPS) is 24.2. The van der Waals surface area contributed by atoms with Crippen LogP contribution in [0.3, 0.4) is 0 Å². The summed E-state index contributed by atoms with van der Waals surface area (Å²) in [7, 11) is 0. The number of nitrogens with one attached hydrogen (secondary N) is 1. The molecule has 1 aliphatic carbocycles. The maximum absolute atomic E-state index is 13.2. The number of halogens is 2. The van der Waals surface area contributed by atoms with E-state index in [1.807, 2.05) is 6.07 Å². The SMILES string of the molecule is OCC1CCCC1NCc1cc(F)cc(Br)c1. The molecule has 0 radical (unpaired) electrons. The molecule has 0 heterocycles. The van der Waals surface area contributed by atoms with Gasteiger partial charge in [0.2, 0.25) is 0 Å². The van der Waals surface area contributed by atoms with E-state index >= 15 is 0 Å². The highest BCUT2D eigenvalue weighted by atomic mass is 79.9. The van der Waals surface area contributed by atoms with Gasteiger partial charge in [0.1, 0.15) is 5.82 Å². The van der Waals surface area contributed by atoms with E-state index in [-0.39, 0.29) is 12.4 Å². The van der Waals surface area contributed by atoms with E-state index in [2.05, 4.69) is 21.2 Å². The van der Waals surface area contributed by atoms with Crippen molar-refractivity contribution in [3.05, 3.63) is 34.1 Å². The smallest absolute Gasteiger partial charge is 0.124 e. The molecule has 1 aromatic rings. The van der Waals surface area contributed by atoms with Crippen LogP contribution in [0.4, 0.5) is 4.39 Å². The van der Waals surface area contributed by atoms with Gasteiger partial charge in [-0.2, -0.15) is 0 Å². The first-order valence-corrected chi connectivity index (χ1v) is 6.77. The Bertz CT molecular complexity index is 365. The van der Waals surface area contributed by atoms with E-state index in [9.17, 15) is 9.50 Å². The maximum Gasteiger partial charge on any atom is 0.124 e. The highest BCUT2D eigenvalue weighted by molar-refractivity contribution is 9.10. The molecule has 0 spiro atoms. The van der Waals surface area contributed by atoms with Crippen molar-refractivity contribution in [2.24, 2.45) is 5.92 Å². The molecule has 17 heavy (non-hydrogen) atoms. The number of rotatable bonds is 4. The van der Waals surface area contributed by atoms with Gasteiger partial charge in [-0.3, -0.25) is 0 Å². The zero-order chi connectivity index (χ0) is 12.3. The van der Waals surface area contributed by atoms with Crippen molar-refractivity contribution in [3.8, 4) is 0 Å². The van der Waals surface area contributed by atoms with Crippen LogP contribution in [0.2, 0.25) is 0 Å². The molecule has 2 rings (SSSR count). The van der Waals surface area contributed by atoms with Crippen LogP contribution in [-0.2, 0) is 6.54 Å². The van der Waals surface area contributed by atoms with Gasteiger partial charge in [0, 0.05) is 23.7 Å². The Morgan fingerprint density at radius 3 is 2.88 bits per heavy atom. The predicted octanol–water partition coefficient (Wildman–Crippen LogP) is 2.84. The summed E-state index contributed by atoms with van der Waals surface area (Å²) in [5.41, 5.74) is 0.931. The van der Waals surface area contributed by atoms with Crippen molar-refractivity contribution in [3.63, 3.8) is 0 Å². The van der Waals surface area contributed by atoms with Crippen LogP contribution in [0.15, 0.2) is 22.7 Å². The van der Waals surface area contributed by atoms with Crippen molar-refractivity contribution < 1.29 is 9.50 Å². The molecule has 2 N–H and O–H groups in total. The molecule has 0 aromatic heterocycles. The summed E-state index contributed by atoms with van der Waals surface area (Å²) in [4.78, 5) is 0. The number of hydrogen-bond acceptors (Lipinski definition) is 2. The third-order valence-corrected chi connectivity index (χ3v) is 3.84. The Hall–Kier alpha value is -0.450. The van der Waals surface area contributed by atoms with Gasteiger partial charge in [0.25, 0.3) is 0 Å². The minimum atomic E-state index is -0.221. The van der Waals surface area contributed by atoms with Gasteiger partial charge in [0.15, 0.2) is 0 Å². The number of aliphatic hydroxyl groups is 1. The fourth-order valence-electron chi connectivity index (χ4n) is 2.49. The fourth-order valence-corrected chi connectivity index (χ4v) is 3.00. The number of benzene rings is 1. The van der Waals surface area contributed by atoms with Crippen molar-refractivity contribution in [1.29, 1.82) is 0 Å². The van der Waals surface area contributed by atoms with Crippen LogP contribution in [0.25, 0.3) is 0 Å². The van der Waals surface area contributed by atoms with Gasteiger partial charge in [-0.1, -0.05) is 22.4 Å². The van der Waals surface area contributed by atoms with Gasteiger partial charge >= 0.3 is 0 Å². The molecule has 2 unspecified atom stereocenters. The lowest BCUT2D eigenvalue weighted by atomic mass is 10.0. The number of hydrogen-bond donors (Lipinski definition) is 2. The van der Waals surface area contributed by atoms with Crippen molar-refractivity contribution in [2.45, 2.75) is 31.8 Å². The lowest BCUT2D eigenvalue weighted by Crippen LogP contribution is -2.33. The molecule has 0 saturated heterocycles. The molecule has 1 fully saturated rings. The molecule has 4 heteroatoms. The molecule has 0 amide bonds. The molecular formula is C13H17BrFNO. The zero-order valence-electron chi connectivity index (χ0n) is 9.63. The van der Waals surface area contributed by atoms with Crippen LogP contribution in [0.1, 0.15) is 24.8 Å². The van der Waals surface area contributed by atoms with E-state index in [0.29, 0.717) is 18.5 Å². The molecule has 1 aliphatic rings. The lowest BCUT2D eigenvalue weighted by molar-refractivity contribution is 0.205. The largest absolute Gasteiger partial charge is 0.396 e. The Morgan fingerprint density at radius 1 is 1.35 bits per heavy atom. The first-order valence-electron chi connectivity index (χ1n) is 5.98. The molecule has 94 valence electrons. The predicted molar refractivity (Wildman–Crippen MR) is 69.2 cm³/mol. The molecule has 1 aromatic carbocycles. The lowest BCUT2D eigenvalue weighted by Gasteiger charge is -2.19. The molecule has 2 atom stereocenters. The highest BCUT2D eigenvalue weighted by Gasteiger charge is 2.25. The standard InChI is InChI=1S/C13H17BrFNO/c14-11-4-9(5-12(15)6-11)7-16-13-3-1-2-10(13)8-17/h4-6,10,13,16-17H,1-3,7-8H2. The topological polar surface area (TPSA) is 32.3 Å². The van der Waals surface area contributed by atoms with Gasteiger partial charge in [-0.05, 0) is 42.5 Å². The molecule has 0 bridgehead atoms. The minimum Gasteiger partial charge on any atom is -0.396 e. The van der Waals surface area contributed by atoms with E-state index in [4.69, 9.17) is 0 Å². The molecule has 2 nitrogen and oxygen atoms in total. The summed E-state index contributed by atoms with van der Waals surface area (Å²) in [6.45, 7) is 0.891. The summed E-state index contributed by atoms with van der Waals surface area (Å²) in [5, 5.41) is 12.6. The third kappa shape index (κ3) is 3.50. The highest BCUT2D eigenvalue weighted by Crippen LogP contribution is 2.25. The average molecular weight is 302 g/mol. The number of aliphatic hydroxyl groups excluding tert-OH is 1. The summed E-state index contributed by atoms with van der Waals surface area (Å²) in [6.07, 6.45) is 3.35. The van der Waals surface area contributed by atoms with Crippen LogP contribution in [-0.4, -0.2) is 17.8 Å². The van der Waals surface area contributed by atoms with Gasteiger partial charge in [-0.25, -0.2) is 4.39 Å². The van der Waals surface area contributed by atoms with Crippen LogP contribution in [0.5, 0.6) is 0 Å². The van der Waals surface area contributed by atoms with Crippen molar-refractivity contribution in [1.82, 2.24) is 5.32 Å². The zero-order valence-corrected chi connectivity index (χ0v) is 11.2. The van der Waals surface area contributed by atoms with Gasteiger partial charge in [0.05, 0.1) is 0 Å². The first kappa shape index (κ1) is 13.0. The van der Waals surface area contributed by atoms with E-state index < -0.39 is 0 Å². The third-order valence-electron chi connectivity index (χ3n) is 3.38. The minimum absolute atomic E-state index is 0.221. The van der Waals surface area contributed by atoms with Gasteiger partial charge < -0.3 is 10.4 Å². The van der Waals surface area contributed by atoms with Crippen LogP contribution >= 0.6 is 15.9 Å². The van der Waals surface area contributed by atoms with Crippen molar-refractivity contribution >= 4 is 15.9 Å². The second-order valence-electron chi connectivity index (χ2n) is 4.64. The second-order valence-corrected chi connectivity index (χ2v) is 5.55. The fraction of sp³-hybridized carbons (Fsp3) is 0.538. The molecule has 1 saturated carbocycles. The van der Waals surface area contributed by atoms with Crippen LogP contribution in [0, 0.1) is 11.7 Å². The van der Waals surface area contributed by atoms with Crippen molar-refractivity contribution in [2.75, 3.05) is 6.61 Å². The van der Waals surface area contributed by atoms with Crippen LogP contribution < -0.4 is 5.32 Å².